The van der Waals surface area contributed by atoms with Gasteiger partial charge in [-0.15, -0.1) is 0 Å². The fourth-order valence-corrected chi connectivity index (χ4v) is 4.64. The Bertz CT molecular complexity index is 1020. The number of nitrogens with one attached hydrogen (secondary N) is 1. The van der Waals surface area contributed by atoms with Gasteiger partial charge in [-0.05, 0) is 22.3 Å². The number of carboxylic acids is 1. The van der Waals surface area contributed by atoms with Gasteiger partial charge >= 0.3 is 12.1 Å². The van der Waals surface area contributed by atoms with Gasteiger partial charge in [0.25, 0.3) is 5.91 Å². The summed E-state index contributed by atoms with van der Waals surface area (Å²) >= 11 is 0. The highest BCUT2D eigenvalue weighted by Crippen LogP contribution is 2.44. The van der Waals surface area contributed by atoms with Crippen LogP contribution in [0.25, 0.3) is 11.1 Å². The van der Waals surface area contributed by atoms with Crippen molar-refractivity contribution in [2.45, 2.75) is 17.9 Å². The molecule has 1 aliphatic heterocycles. The number of carbonyl (C=O) groups excluding carboxylic acids is 2. The SMILES string of the molecule is COCCN(CC(=O)O)C(=O)C1(NC(=O)OCC2c3ccccc3-c3ccccc32)CCOC1. The summed E-state index contributed by atoms with van der Waals surface area (Å²) in [6.45, 7) is 0.0557. The van der Waals surface area contributed by atoms with E-state index in [0.717, 1.165) is 27.2 Å². The number of alkyl carbamates (subject to hydrolysis) is 1. The average molecular weight is 469 g/mol. The molecule has 2 aromatic carbocycles. The zero-order chi connectivity index (χ0) is 24.1. The van der Waals surface area contributed by atoms with Crippen LogP contribution in [0.4, 0.5) is 4.79 Å². The van der Waals surface area contributed by atoms with Crippen molar-refractivity contribution in [2.24, 2.45) is 0 Å². The van der Waals surface area contributed by atoms with E-state index in [0.29, 0.717) is 0 Å². The van der Waals surface area contributed by atoms with Gasteiger partial charge in [-0.2, -0.15) is 0 Å². The molecule has 0 aromatic heterocycles. The number of fused-ring (bicyclic) bond motifs is 3. The maximum Gasteiger partial charge on any atom is 0.408 e. The third-order valence-electron chi connectivity index (χ3n) is 6.29. The van der Waals surface area contributed by atoms with Crippen LogP contribution in [0.3, 0.4) is 0 Å². The minimum Gasteiger partial charge on any atom is -0.480 e. The number of benzene rings is 2. The van der Waals surface area contributed by atoms with Crippen molar-refractivity contribution in [3.8, 4) is 11.1 Å². The Hall–Kier alpha value is -3.43. The van der Waals surface area contributed by atoms with Gasteiger partial charge in [0, 0.05) is 32.6 Å². The Labute approximate surface area is 197 Å². The topological polar surface area (TPSA) is 114 Å². The minimum atomic E-state index is -1.38. The normalized spacial score (nSPS) is 18.7. The van der Waals surface area contributed by atoms with E-state index in [-0.39, 0.29) is 45.3 Å². The van der Waals surface area contributed by atoms with E-state index >= 15 is 0 Å². The van der Waals surface area contributed by atoms with Gasteiger partial charge in [-0.3, -0.25) is 9.59 Å². The Morgan fingerprint density at radius 3 is 2.32 bits per heavy atom. The first-order chi connectivity index (χ1) is 16.4. The summed E-state index contributed by atoms with van der Waals surface area (Å²) in [7, 11) is 1.47. The van der Waals surface area contributed by atoms with Gasteiger partial charge in [0.15, 0.2) is 0 Å². The Balaban J connectivity index is 1.47. The zero-order valence-electron chi connectivity index (χ0n) is 19.0. The van der Waals surface area contributed by atoms with Crippen molar-refractivity contribution in [3.05, 3.63) is 59.7 Å². The number of nitrogens with zero attached hydrogens (tertiary/aromatic N) is 1. The highest BCUT2D eigenvalue weighted by atomic mass is 16.6. The molecule has 0 radical (unpaired) electrons. The number of carboxylic acid groups (broad SMARTS) is 1. The van der Waals surface area contributed by atoms with Gasteiger partial charge in [0.05, 0.1) is 13.2 Å². The Morgan fingerprint density at radius 1 is 1.12 bits per heavy atom. The molecule has 2 amide bonds. The van der Waals surface area contributed by atoms with Crippen LogP contribution >= 0.6 is 0 Å². The Morgan fingerprint density at radius 2 is 1.76 bits per heavy atom. The predicted octanol–water partition coefficient (Wildman–Crippen LogP) is 2.24. The molecule has 2 N–H and O–H groups in total. The summed E-state index contributed by atoms with van der Waals surface area (Å²) in [5.74, 6) is -1.80. The third kappa shape index (κ3) is 4.76. The van der Waals surface area contributed by atoms with Crippen LogP contribution in [0.5, 0.6) is 0 Å². The summed E-state index contributed by atoms with van der Waals surface area (Å²) in [5.41, 5.74) is 3.01. The highest BCUT2D eigenvalue weighted by molar-refractivity contribution is 5.92. The third-order valence-corrected chi connectivity index (χ3v) is 6.29. The molecule has 180 valence electrons. The largest absolute Gasteiger partial charge is 0.480 e. The number of carbonyl (C=O) groups is 3. The second-order valence-corrected chi connectivity index (χ2v) is 8.45. The minimum absolute atomic E-state index is 0.0564. The maximum absolute atomic E-state index is 13.3. The smallest absolute Gasteiger partial charge is 0.408 e. The fourth-order valence-electron chi connectivity index (χ4n) is 4.64. The molecule has 1 saturated heterocycles. The standard InChI is InChI=1S/C25H28N2O7/c1-32-13-11-27(14-22(28)29)23(30)25(10-12-33-16-25)26-24(31)34-15-21-19-8-4-2-6-17(19)18-7-3-5-9-20(18)21/h2-9,21H,10-16H2,1H3,(H,26,31)(H,28,29). The zero-order valence-corrected chi connectivity index (χ0v) is 19.0. The summed E-state index contributed by atoms with van der Waals surface area (Å²) < 4.78 is 16.0. The molecule has 1 unspecified atom stereocenters. The molecule has 4 rings (SSSR count). The van der Waals surface area contributed by atoms with E-state index < -0.39 is 30.1 Å². The molecule has 9 nitrogen and oxygen atoms in total. The van der Waals surface area contributed by atoms with Crippen LogP contribution < -0.4 is 5.32 Å². The molecular formula is C25H28N2O7. The molecule has 34 heavy (non-hydrogen) atoms. The first-order valence-corrected chi connectivity index (χ1v) is 11.2. The number of methoxy groups -OCH3 is 1. The van der Waals surface area contributed by atoms with E-state index in [1.807, 2.05) is 36.4 Å². The van der Waals surface area contributed by atoms with E-state index in [2.05, 4.69) is 17.4 Å². The van der Waals surface area contributed by atoms with Gasteiger partial charge in [0.1, 0.15) is 18.7 Å². The van der Waals surface area contributed by atoms with Crippen LogP contribution in [0.2, 0.25) is 0 Å². The van der Waals surface area contributed by atoms with Crippen molar-refractivity contribution in [3.63, 3.8) is 0 Å². The first-order valence-electron chi connectivity index (χ1n) is 11.2. The Kier molecular flexibility index (Phi) is 7.14. The molecule has 0 spiro atoms. The average Bonchev–Trinajstić information content (AvgIpc) is 3.43. The lowest BCUT2D eigenvalue weighted by Crippen LogP contribution is -2.61. The quantitative estimate of drug-likeness (QED) is 0.580. The second kappa shape index (κ2) is 10.2. The number of aliphatic carboxylic acids is 1. The molecule has 2 aliphatic rings. The lowest BCUT2D eigenvalue weighted by molar-refractivity contribution is -0.148. The number of hydrogen-bond donors (Lipinski definition) is 2. The monoisotopic (exact) mass is 468 g/mol. The molecule has 2 aromatic rings. The van der Waals surface area contributed by atoms with Crippen molar-refractivity contribution in [2.75, 3.05) is 46.6 Å². The molecule has 1 heterocycles. The van der Waals surface area contributed by atoms with E-state index in [1.165, 1.54) is 7.11 Å². The number of rotatable bonds is 9. The fraction of sp³-hybridized carbons (Fsp3) is 0.400. The van der Waals surface area contributed by atoms with Crippen molar-refractivity contribution in [1.82, 2.24) is 10.2 Å². The summed E-state index contributed by atoms with van der Waals surface area (Å²) in [4.78, 5) is 38.6. The van der Waals surface area contributed by atoms with Crippen LogP contribution in [0, 0.1) is 0 Å². The van der Waals surface area contributed by atoms with Crippen LogP contribution in [0.15, 0.2) is 48.5 Å². The number of hydrogen-bond acceptors (Lipinski definition) is 6. The molecule has 0 saturated carbocycles. The number of ether oxygens (including phenoxy) is 3. The van der Waals surface area contributed by atoms with Crippen molar-refractivity contribution in [1.29, 1.82) is 0 Å². The molecule has 1 atom stereocenters. The predicted molar refractivity (Wildman–Crippen MR) is 122 cm³/mol. The molecule has 1 aliphatic carbocycles. The van der Waals surface area contributed by atoms with Gasteiger partial charge in [-0.25, -0.2) is 4.79 Å². The molecule has 0 bridgehead atoms. The molecule has 1 fully saturated rings. The van der Waals surface area contributed by atoms with Crippen LogP contribution in [-0.2, 0) is 23.8 Å². The summed E-state index contributed by atoms with van der Waals surface area (Å²) in [5, 5.41) is 11.9. The lowest BCUT2D eigenvalue weighted by Gasteiger charge is -2.33. The van der Waals surface area contributed by atoms with Gasteiger partial charge in [0.2, 0.25) is 0 Å². The van der Waals surface area contributed by atoms with Crippen LogP contribution in [-0.4, -0.2) is 80.1 Å². The second-order valence-electron chi connectivity index (χ2n) is 8.45. The molecular weight excluding hydrogens is 440 g/mol. The highest BCUT2D eigenvalue weighted by Gasteiger charge is 2.47. The summed E-state index contributed by atoms with van der Waals surface area (Å²) in [6.07, 6.45) is -0.526. The van der Waals surface area contributed by atoms with Crippen molar-refractivity contribution >= 4 is 18.0 Å². The van der Waals surface area contributed by atoms with E-state index in [4.69, 9.17) is 14.2 Å². The number of amides is 2. The van der Waals surface area contributed by atoms with Gasteiger partial charge < -0.3 is 29.5 Å². The molecule has 9 heteroatoms. The summed E-state index contributed by atoms with van der Waals surface area (Å²) in [6, 6.07) is 16.0. The van der Waals surface area contributed by atoms with Gasteiger partial charge in [-0.1, -0.05) is 48.5 Å². The van der Waals surface area contributed by atoms with E-state index in [9.17, 15) is 19.5 Å². The van der Waals surface area contributed by atoms with E-state index in [1.54, 1.807) is 0 Å². The van der Waals surface area contributed by atoms with Crippen molar-refractivity contribution < 1.29 is 33.7 Å². The lowest BCUT2D eigenvalue weighted by atomic mass is 9.96. The maximum atomic E-state index is 13.3. The first kappa shape index (κ1) is 23.7. The van der Waals surface area contributed by atoms with Crippen LogP contribution in [0.1, 0.15) is 23.5 Å².